The number of amides is 2. The van der Waals surface area contributed by atoms with Crippen LogP contribution in [0.3, 0.4) is 0 Å². The maximum Gasteiger partial charge on any atom is 0.315 e. The highest BCUT2D eigenvalue weighted by molar-refractivity contribution is 7.85. The van der Waals surface area contributed by atoms with Crippen molar-refractivity contribution in [1.82, 2.24) is 15.8 Å². The van der Waals surface area contributed by atoms with Crippen LogP contribution >= 0.6 is 0 Å². The highest BCUT2D eigenvalue weighted by atomic mass is 32.2. The fourth-order valence-electron chi connectivity index (χ4n) is 1.93. The van der Waals surface area contributed by atoms with E-state index >= 15 is 0 Å². The summed E-state index contributed by atoms with van der Waals surface area (Å²) in [6, 6.07) is 8.89. The lowest BCUT2D eigenvalue weighted by Gasteiger charge is -2.07. The van der Waals surface area contributed by atoms with Crippen molar-refractivity contribution < 1.29 is 13.5 Å². The second-order valence-electron chi connectivity index (χ2n) is 4.77. The van der Waals surface area contributed by atoms with Crippen LogP contribution in [0.1, 0.15) is 17.0 Å². The van der Waals surface area contributed by atoms with Crippen LogP contribution in [0.2, 0.25) is 0 Å². The van der Waals surface area contributed by atoms with E-state index in [1.54, 1.807) is 6.92 Å². The molecule has 0 spiro atoms. The molecule has 118 valence electrons. The number of rotatable bonds is 6. The van der Waals surface area contributed by atoms with Gasteiger partial charge in [0.25, 0.3) is 0 Å². The van der Waals surface area contributed by atoms with Crippen molar-refractivity contribution in [3.05, 3.63) is 47.3 Å². The third-order valence-electron chi connectivity index (χ3n) is 3.19. The largest absolute Gasteiger partial charge is 0.361 e. The lowest BCUT2D eigenvalue weighted by molar-refractivity contribution is 0.241. The van der Waals surface area contributed by atoms with E-state index in [-0.39, 0.29) is 6.03 Å². The first kappa shape index (κ1) is 16.2. The normalized spacial score (nSPS) is 11.9. The average Bonchev–Trinajstić information content (AvgIpc) is 2.84. The maximum atomic E-state index is 12.0. The number of carbonyl (C=O) groups is 1. The Hall–Kier alpha value is -2.15. The molecule has 0 aliphatic rings. The van der Waals surface area contributed by atoms with Crippen molar-refractivity contribution in [3.63, 3.8) is 0 Å². The summed E-state index contributed by atoms with van der Waals surface area (Å²) in [5, 5.41) is 9.25. The molecule has 0 fully saturated rings. The van der Waals surface area contributed by atoms with Gasteiger partial charge in [-0.25, -0.2) is 4.79 Å². The smallest absolute Gasteiger partial charge is 0.315 e. The molecule has 0 saturated heterocycles. The predicted molar refractivity (Wildman–Crippen MR) is 83.9 cm³/mol. The lowest BCUT2D eigenvalue weighted by atomic mass is 10.2. The molecule has 2 rings (SSSR count). The second-order valence-corrected chi connectivity index (χ2v) is 6.35. The summed E-state index contributed by atoms with van der Waals surface area (Å²) in [5.74, 6) is 1.07. The van der Waals surface area contributed by atoms with Crippen molar-refractivity contribution in [2.75, 3.05) is 12.3 Å². The van der Waals surface area contributed by atoms with Gasteiger partial charge < -0.3 is 15.2 Å². The highest BCUT2D eigenvalue weighted by Gasteiger charge is 2.10. The quantitative estimate of drug-likeness (QED) is 0.851. The molecule has 1 aromatic heterocycles. The van der Waals surface area contributed by atoms with Gasteiger partial charge in [0.05, 0.1) is 16.5 Å². The van der Waals surface area contributed by atoms with Gasteiger partial charge in [0, 0.05) is 29.3 Å². The van der Waals surface area contributed by atoms with E-state index in [0.29, 0.717) is 24.6 Å². The molecule has 1 atom stereocenters. The SMILES string of the molecule is Cc1noc(C)c1CNC(=O)NCC[S@](=O)c1ccccc1. The van der Waals surface area contributed by atoms with Crippen molar-refractivity contribution in [2.45, 2.75) is 25.3 Å². The van der Waals surface area contributed by atoms with Gasteiger partial charge in [-0.1, -0.05) is 23.4 Å². The fraction of sp³-hybridized carbons (Fsp3) is 0.333. The number of aryl methyl sites for hydroxylation is 2. The summed E-state index contributed by atoms with van der Waals surface area (Å²) in [5.41, 5.74) is 1.64. The molecule has 2 N–H and O–H groups in total. The first-order valence-corrected chi connectivity index (χ1v) is 8.26. The van der Waals surface area contributed by atoms with Crippen LogP contribution < -0.4 is 10.6 Å². The standard InChI is InChI=1S/C15H19N3O3S/c1-11-14(12(2)21-18-11)10-17-15(19)16-8-9-22(20)13-6-4-3-5-7-13/h3-7H,8-10H2,1-2H3,(H2,16,17,19)/t22-/m0/s1. The Morgan fingerprint density at radius 3 is 2.59 bits per heavy atom. The van der Waals surface area contributed by atoms with E-state index in [1.165, 1.54) is 0 Å². The number of hydrogen-bond acceptors (Lipinski definition) is 4. The average molecular weight is 321 g/mol. The molecule has 0 saturated carbocycles. The van der Waals surface area contributed by atoms with Gasteiger partial charge in [-0.3, -0.25) is 4.21 Å². The fourth-order valence-corrected chi connectivity index (χ4v) is 2.92. The first-order chi connectivity index (χ1) is 10.6. The van der Waals surface area contributed by atoms with Crippen LogP contribution in [-0.2, 0) is 17.3 Å². The van der Waals surface area contributed by atoms with Crippen molar-refractivity contribution in [2.24, 2.45) is 0 Å². The molecule has 6 nitrogen and oxygen atoms in total. The molecule has 0 aliphatic heterocycles. The molecule has 1 aromatic carbocycles. The number of aromatic nitrogens is 1. The maximum absolute atomic E-state index is 12.0. The molecule has 22 heavy (non-hydrogen) atoms. The zero-order valence-corrected chi connectivity index (χ0v) is 13.4. The summed E-state index contributed by atoms with van der Waals surface area (Å²) in [6.45, 7) is 4.33. The number of carbonyl (C=O) groups excluding carboxylic acids is 1. The predicted octanol–water partition coefficient (Wildman–Crippen LogP) is 1.90. The van der Waals surface area contributed by atoms with E-state index in [4.69, 9.17) is 4.52 Å². The topological polar surface area (TPSA) is 84.2 Å². The van der Waals surface area contributed by atoms with Crippen LogP contribution in [0, 0.1) is 13.8 Å². The summed E-state index contributed by atoms with van der Waals surface area (Å²) < 4.78 is 17.0. The zero-order valence-electron chi connectivity index (χ0n) is 12.6. The third kappa shape index (κ3) is 4.42. The summed E-state index contributed by atoms with van der Waals surface area (Å²) in [7, 11) is -1.11. The number of nitrogens with zero attached hydrogens (tertiary/aromatic N) is 1. The van der Waals surface area contributed by atoms with Crippen LogP contribution in [0.5, 0.6) is 0 Å². The first-order valence-electron chi connectivity index (χ1n) is 6.95. The molecule has 1 heterocycles. The Labute approximate surface area is 131 Å². The van der Waals surface area contributed by atoms with Gasteiger partial charge in [0.1, 0.15) is 5.76 Å². The Morgan fingerprint density at radius 2 is 1.95 bits per heavy atom. The van der Waals surface area contributed by atoms with E-state index < -0.39 is 10.8 Å². The van der Waals surface area contributed by atoms with E-state index in [9.17, 15) is 9.00 Å². The molecular weight excluding hydrogens is 302 g/mol. The highest BCUT2D eigenvalue weighted by Crippen LogP contribution is 2.11. The molecule has 0 unspecified atom stereocenters. The molecule has 2 amide bonds. The number of hydrogen-bond donors (Lipinski definition) is 2. The Bertz CT molecular complexity index is 636. The van der Waals surface area contributed by atoms with Gasteiger partial charge in [0.15, 0.2) is 0 Å². The molecular formula is C15H19N3O3S. The van der Waals surface area contributed by atoms with Crippen LogP contribution in [0.4, 0.5) is 4.79 Å². The summed E-state index contributed by atoms with van der Waals surface area (Å²) in [4.78, 5) is 12.5. The van der Waals surface area contributed by atoms with Gasteiger partial charge >= 0.3 is 6.03 Å². The summed E-state index contributed by atoms with van der Waals surface area (Å²) >= 11 is 0. The molecule has 7 heteroatoms. The van der Waals surface area contributed by atoms with Gasteiger partial charge in [-0.15, -0.1) is 0 Å². The Kier molecular flexibility index (Phi) is 5.71. The molecule has 2 aromatic rings. The van der Waals surface area contributed by atoms with E-state index in [0.717, 1.165) is 16.2 Å². The number of benzene rings is 1. The number of nitrogens with one attached hydrogen (secondary N) is 2. The van der Waals surface area contributed by atoms with Crippen molar-refractivity contribution in [3.8, 4) is 0 Å². The van der Waals surface area contributed by atoms with E-state index in [2.05, 4.69) is 15.8 Å². The van der Waals surface area contributed by atoms with Crippen LogP contribution in [-0.4, -0.2) is 27.7 Å². The van der Waals surface area contributed by atoms with Crippen molar-refractivity contribution in [1.29, 1.82) is 0 Å². The third-order valence-corrected chi connectivity index (χ3v) is 4.56. The van der Waals surface area contributed by atoms with Gasteiger partial charge in [-0.05, 0) is 26.0 Å². The Balaban J connectivity index is 1.71. The molecule has 0 aliphatic carbocycles. The van der Waals surface area contributed by atoms with Crippen LogP contribution in [0.25, 0.3) is 0 Å². The minimum atomic E-state index is -1.11. The minimum absolute atomic E-state index is 0.301. The number of urea groups is 1. The molecule has 0 bridgehead atoms. The van der Waals surface area contributed by atoms with Gasteiger partial charge in [0.2, 0.25) is 0 Å². The molecule has 0 radical (unpaired) electrons. The van der Waals surface area contributed by atoms with Crippen molar-refractivity contribution >= 4 is 16.8 Å². The second kappa shape index (κ2) is 7.74. The van der Waals surface area contributed by atoms with E-state index in [1.807, 2.05) is 37.3 Å². The zero-order chi connectivity index (χ0) is 15.9. The lowest BCUT2D eigenvalue weighted by Crippen LogP contribution is -2.37. The minimum Gasteiger partial charge on any atom is -0.361 e. The van der Waals surface area contributed by atoms with Crippen LogP contribution in [0.15, 0.2) is 39.8 Å². The summed E-state index contributed by atoms with van der Waals surface area (Å²) in [6.07, 6.45) is 0. The monoisotopic (exact) mass is 321 g/mol. The Morgan fingerprint density at radius 1 is 1.23 bits per heavy atom. The van der Waals surface area contributed by atoms with Gasteiger partial charge in [-0.2, -0.15) is 0 Å².